The van der Waals surface area contributed by atoms with Crippen LogP contribution in [0, 0.1) is 5.92 Å². The molecule has 1 atom stereocenters. The fraction of sp³-hybridized carbons (Fsp3) is 0.240. The van der Waals surface area contributed by atoms with Crippen molar-refractivity contribution < 1.29 is 34.2 Å². The Bertz CT molecular complexity index is 1370. The number of nitrogens with zero attached hydrogens (tertiary/aromatic N) is 1. The zero-order valence-electron chi connectivity index (χ0n) is 18.5. The number of rotatable bonds is 4. The van der Waals surface area contributed by atoms with Crippen molar-refractivity contribution in [2.75, 3.05) is 18.8 Å². The first-order chi connectivity index (χ1) is 16.7. The molecule has 5 N–H and O–H groups in total. The van der Waals surface area contributed by atoms with Crippen molar-refractivity contribution in [3.05, 3.63) is 63.7 Å². The lowest BCUT2D eigenvalue weighted by Gasteiger charge is -2.29. The van der Waals surface area contributed by atoms with E-state index in [4.69, 9.17) is 5.73 Å². The number of benzene rings is 2. The number of hydrogen-bond donors (Lipinski definition) is 4. The summed E-state index contributed by atoms with van der Waals surface area (Å²) in [6, 6.07) is 4.45. The van der Waals surface area contributed by atoms with E-state index in [0.29, 0.717) is 12.0 Å². The Kier molecular flexibility index (Phi) is 5.16. The first kappa shape index (κ1) is 22.3. The van der Waals surface area contributed by atoms with Gasteiger partial charge in [-0.1, -0.05) is 12.1 Å². The highest BCUT2D eigenvalue weighted by molar-refractivity contribution is 6.32. The Morgan fingerprint density at radius 3 is 2.34 bits per heavy atom. The molecule has 1 aliphatic heterocycles. The summed E-state index contributed by atoms with van der Waals surface area (Å²) in [7, 11) is 0. The van der Waals surface area contributed by atoms with Crippen LogP contribution in [-0.2, 0) is 27.2 Å². The Morgan fingerprint density at radius 1 is 0.971 bits per heavy atom. The lowest BCUT2D eigenvalue weighted by molar-refractivity contribution is -0.137. The maximum Gasteiger partial charge on any atom is 0.253 e. The van der Waals surface area contributed by atoms with Crippen molar-refractivity contribution in [3.8, 4) is 11.5 Å². The zero-order chi connectivity index (χ0) is 25.0. The third-order valence-corrected chi connectivity index (χ3v) is 6.78. The number of hydrogen-bond acceptors (Lipinski definition) is 8. The summed E-state index contributed by atoms with van der Waals surface area (Å²) in [6.07, 6.45) is 2.90. The van der Waals surface area contributed by atoms with Crippen LogP contribution in [0.4, 0.5) is 5.69 Å². The van der Waals surface area contributed by atoms with Crippen molar-refractivity contribution in [1.29, 1.82) is 0 Å². The molecular formula is C25H21N3O7. The van der Waals surface area contributed by atoms with Crippen LogP contribution in [0.2, 0.25) is 0 Å². The molecule has 3 aliphatic rings. The molecule has 10 nitrogen and oxygen atoms in total. The van der Waals surface area contributed by atoms with Crippen LogP contribution in [0.1, 0.15) is 49.4 Å². The van der Waals surface area contributed by atoms with E-state index in [1.165, 1.54) is 18.2 Å². The van der Waals surface area contributed by atoms with Crippen LogP contribution in [0.5, 0.6) is 11.5 Å². The van der Waals surface area contributed by atoms with E-state index < -0.39 is 35.0 Å². The van der Waals surface area contributed by atoms with Gasteiger partial charge in [-0.15, -0.1) is 0 Å². The number of aromatic hydroxyl groups is 2. The molecule has 10 heteroatoms. The summed E-state index contributed by atoms with van der Waals surface area (Å²) in [5, 5.41) is 24.7. The quantitative estimate of drug-likeness (QED) is 0.242. The smallest absolute Gasteiger partial charge is 0.253 e. The summed E-state index contributed by atoms with van der Waals surface area (Å²) in [5.41, 5.74) is 6.08. The van der Waals surface area contributed by atoms with Crippen molar-refractivity contribution in [3.63, 3.8) is 0 Å². The number of anilines is 1. The molecule has 0 saturated heterocycles. The van der Waals surface area contributed by atoms with Crippen molar-refractivity contribution in [2.24, 2.45) is 5.92 Å². The zero-order valence-corrected chi connectivity index (χ0v) is 18.5. The largest absolute Gasteiger partial charge is 0.507 e. The molecular weight excluding hydrogens is 454 g/mol. The number of fused-ring (bicyclic) bond motifs is 3. The van der Waals surface area contributed by atoms with Crippen LogP contribution < -0.4 is 11.1 Å². The molecule has 35 heavy (non-hydrogen) atoms. The number of nitrogens with two attached hydrogens (primary N) is 1. The van der Waals surface area contributed by atoms with E-state index in [1.54, 1.807) is 0 Å². The standard InChI is InChI=1S/C25H21N3O7/c26-15-3-1-2-13-18(15)24(34)20-19(22(13)32)23(33)14-10-11(4-5-12(14)21(20)31)25(35)27-8-9-28-16(29)6-7-17(28)30/h1-3,6-7,11,31,33H,4-5,8-10,26H2,(H,27,35). The number of imide groups is 1. The van der Waals surface area contributed by atoms with Gasteiger partial charge >= 0.3 is 0 Å². The maximum atomic E-state index is 13.2. The lowest BCUT2D eigenvalue weighted by atomic mass is 9.75. The molecule has 0 saturated carbocycles. The third-order valence-electron chi connectivity index (χ3n) is 6.78. The minimum Gasteiger partial charge on any atom is -0.507 e. The third kappa shape index (κ3) is 3.37. The minimum absolute atomic E-state index is 0.00196. The normalized spacial score (nSPS) is 18.4. The average molecular weight is 475 g/mol. The maximum absolute atomic E-state index is 13.2. The van der Waals surface area contributed by atoms with Gasteiger partial charge in [0.05, 0.1) is 16.7 Å². The van der Waals surface area contributed by atoms with Gasteiger partial charge in [0.15, 0.2) is 11.6 Å². The molecule has 2 aliphatic carbocycles. The van der Waals surface area contributed by atoms with Gasteiger partial charge in [-0.25, -0.2) is 0 Å². The van der Waals surface area contributed by atoms with Crippen LogP contribution in [-0.4, -0.2) is 57.5 Å². The van der Waals surface area contributed by atoms with Crippen molar-refractivity contribution in [2.45, 2.75) is 19.3 Å². The molecule has 2 aromatic rings. The second kappa shape index (κ2) is 8.08. The van der Waals surface area contributed by atoms with Crippen LogP contribution in [0.15, 0.2) is 30.4 Å². The first-order valence-electron chi connectivity index (χ1n) is 11.1. The van der Waals surface area contributed by atoms with E-state index in [-0.39, 0.29) is 71.1 Å². The molecule has 0 fully saturated rings. The number of nitrogen functional groups attached to an aromatic ring is 1. The van der Waals surface area contributed by atoms with E-state index in [1.807, 2.05) is 0 Å². The molecule has 178 valence electrons. The van der Waals surface area contributed by atoms with Crippen LogP contribution in [0.25, 0.3) is 0 Å². The molecule has 5 rings (SSSR count). The summed E-state index contributed by atoms with van der Waals surface area (Å²) in [4.78, 5) is 63.4. The van der Waals surface area contributed by atoms with Gasteiger partial charge in [-0.05, 0) is 25.3 Å². The SMILES string of the molecule is Nc1cccc2c1C(=O)c1c(O)c3c(c(O)c1C2=O)CC(C(=O)NCCN1C(=O)C=CC1=O)CC3. The number of amides is 3. The molecule has 0 bridgehead atoms. The van der Waals surface area contributed by atoms with Gasteiger partial charge in [0.1, 0.15) is 11.5 Å². The molecule has 2 aromatic carbocycles. The van der Waals surface area contributed by atoms with Gasteiger partial charge in [0, 0.05) is 53.5 Å². The number of phenols is 2. The van der Waals surface area contributed by atoms with Crippen molar-refractivity contribution in [1.82, 2.24) is 10.2 Å². The molecule has 1 heterocycles. The molecule has 1 unspecified atom stereocenters. The number of nitrogens with one attached hydrogen (secondary N) is 1. The number of carbonyl (C=O) groups is 5. The van der Waals surface area contributed by atoms with Gasteiger partial charge in [-0.3, -0.25) is 28.9 Å². The van der Waals surface area contributed by atoms with E-state index in [9.17, 15) is 34.2 Å². The highest BCUT2D eigenvalue weighted by Gasteiger charge is 2.40. The van der Waals surface area contributed by atoms with E-state index in [0.717, 1.165) is 17.1 Å². The van der Waals surface area contributed by atoms with E-state index >= 15 is 0 Å². The number of phenolic OH excluding ortho intramolecular Hbond substituents is 2. The Labute approximate surface area is 199 Å². The molecule has 0 spiro atoms. The second-order valence-corrected chi connectivity index (χ2v) is 8.72. The highest BCUT2D eigenvalue weighted by atomic mass is 16.3. The predicted octanol–water partition coefficient (Wildman–Crippen LogP) is 0.601. The summed E-state index contributed by atoms with van der Waals surface area (Å²) >= 11 is 0. The van der Waals surface area contributed by atoms with Gasteiger partial charge in [0.25, 0.3) is 11.8 Å². The Morgan fingerprint density at radius 2 is 1.63 bits per heavy atom. The van der Waals surface area contributed by atoms with Gasteiger partial charge in [0.2, 0.25) is 5.91 Å². The number of ketones is 2. The summed E-state index contributed by atoms with van der Waals surface area (Å²) in [6.45, 7) is 0.0897. The fourth-order valence-electron chi connectivity index (χ4n) is 5.01. The minimum atomic E-state index is -0.635. The second-order valence-electron chi connectivity index (χ2n) is 8.72. The van der Waals surface area contributed by atoms with Crippen LogP contribution in [0.3, 0.4) is 0 Å². The molecule has 3 amide bonds. The first-order valence-corrected chi connectivity index (χ1v) is 11.1. The molecule has 0 aromatic heterocycles. The van der Waals surface area contributed by atoms with Crippen molar-refractivity contribution >= 4 is 35.0 Å². The topological polar surface area (TPSA) is 167 Å². The summed E-state index contributed by atoms with van der Waals surface area (Å²) in [5.74, 6) is -3.87. The Balaban J connectivity index is 1.40. The molecule has 0 radical (unpaired) electrons. The summed E-state index contributed by atoms with van der Waals surface area (Å²) < 4.78 is 0. The van der Waals surface area contributed by atoms with Gasteiger partial charge in [-0.2, -0.15) is 0 Å². The van der Waals surface area contributed by atoms with E-state index in [2.05, 4.69) is 5.32 Å². The Hall–Kier alpha value is -4.47. The predicted molar refractivity (Wildman–Crippen MR) is 122 cm³/mol. The number of carbonyl (C=O) groups excluding carboxylic acids is 5. The highest BCUT2D eigenvalue weighted by Crippen LogP contribution is 2.46. The van der Waals surface area contributed by atoms with Gasteiger partial charge < -0.3 is 21.3 Å². The van der Waals surface area contributed by atoms with Crippen LogP contribution >= 0.6 is 0 Å². The average Bonchev–Trinajstić information content (AvgIpc) is 3.16. The monoisotopic (exact) mass is 475 g/mol. The fourth-order valence-corrected chi connectivity index (χ4v) is 5.01. The lowest BCUT2D eigenvalue weighted by Crippen LogP contribution is -2.41.